The van der Waals surface area contributed by atoms with Crippen LogP contribution in [0.1, 0.15) is 11.6 Å². The van der Waals surface area contributed by atoms with E-state index in [1.54, 1.807) is 12.1 Å². The maximum Gasteiger partial charge on any atom is 0.240 e. The summed E-state index contributed by atoms with van der Waals surface area (Å²) in [6.45, 7) is 1.05. The van der Waals surface area contributed by atoms with Crippen LogP contribution in [0.25, 0.3) is 0 Å². The molecule has 3 rings (SSSR count). The summed E-state index contributed by atoms with van der Waals surface area (Å²) in [6.07, 6.45) is 0. The zero-order chi connectivity index (χ0) is 18.7. The van der Waals surface area contributed by atoms with Gasteiger partial charge >= 0.3 is 0 Å². The van der Waals surface area contributed by atoms with Crippen LogP contribution in [-0.4, -0.2) is 47.2 Å². The number of nitrogens with one attached hydrogen (secondary N) is 1. The molecule has 0 aliphatic carbocycles. The molecule has 0 saturated heterocycles. The van der Waals surface area contributed by atoms with Gasteiger partial charge in [-0.1, -0.05) is 29.8 Å². The number of ether oxygens (including phenoxy) is 2. The number of sulfonamides is 1. The molecule has 0 amide bonds. The van der Waals surface area contributed by atoms with Gasteiger partial charge in [0, 0.05) is 23.7 Å². The average Bonchev–Trinajstić information content (AvgIpc) is 2.62. The van der Waals surface area contributed by atoms with Gasteiger partial charge in [-0.05, 0) is 37.9 Å². The van der Waals surface area contributed by atoms with Gasteiger partial charge in [-0.15, -0.1) is 0 Å². The molecule has 140 valence electrons. The molecule has 0 fully saturated rings. The summed E-state index contributed by atoms with van der Waals surface area (Å²) in [5, 5.41) is 0.602. The third-order valence-electron chi connectivity index (χ3n) is 4.18. The third kappa shape index (κ3) is 4.12. The Morgan fingerprint density at radius 2 is 1.81 bits per heavy atom. The van der Waals surface area contributed by atoms with E-state index in [9.17, 15) is 8.42 Å². The summed E-state index contributed by atoms with van der Waals surface area (Å²) in [6, 6.07) is 11.8. The summed E-state index contributed by atoms with van der Waals surface area (Å²) in [4.78, 5) is 2.06. The van der Waals surface area contributed by atoms with Crippen molar-refractivity contribution in [3.05, 3.63) is 53.1 Å². The highest BCUT2D eigenvalue weighted by atomic mass is 35.5. The van der Waals surface area contributed by atoms with E-state index in [0.29, 0.717) is 29.7 Å². The van der Waals surface area contributed by atoms with Gasteiger partial charge in [-0.2, -0.15) is 0 Å². The molecular weight excluding hydrogens is 376 g/mol. The van der Waals surface area contributed by atoms with E-state index in [1.807, 2.05) is 37.2 Å². The van der Waals surface area contributed by atoms with E-state index in [0.717, 1.165) is 5.56 Å². The number of likely N-dealkylation sites (N-methyl/N-ethyl adjacent to an activating group) is 1. The van der Waals surface area contributed by atoms with Crippen molar-refractivity contribution in [2.24, 2.45) is 0 Å². The van der Waals surface area contributed by atoms with Crippen molar-refractivity contribution < 1.29 is 17.9 Å². The maximum atomic E-state index is 12.7. The summed E-state index contributed by atoms with van der Waals surface area (Å²) in [7, 11) is 0.0641. The van der Waals surface area contributed by atoms with Gasteiger partial charge in [0.1, 0.15) is 13.2 Å². The topological polar surface area (TPSA) is 67.9 Å². The van der Waals surface area contributed by atoms with Gasteiger partial charge in [0.2, 0.25) is 10.0 Å². The first-order chi connectivity index (χ1) is 12.4. The Labute approximate surface area is 158 Å². The van der Waals surface area contributed by atoms with E-state index in [4.69, 9.17) is 21.1 Å². The molecule has 1 aliphatic heterocycles. The van der Waals surface area contributed by atoms with Gasteiger partial charge in [-0.25, -0.2) is 13.1 Å². The number of benzene rings is 2. The highest BCUT2D eigenvalue weighted by Gasteiger charge is 2.23. The van der Waals surface area contributed by atoms with Crippen LogP contribution in [0.3, 0.4) is 0 Å². The van der Waals surface area contributed by atoms with Crippen molar-refractivity contribution >= 4 is 21.6 Å². The molecule has 1 N–H and O–H groups in total. The van der Waals surface area contributed by atoms with Crippen molar-refractivity contribution in [2.45, 2.75) is 10.9 Å². The van der Waals surface area contributed by atoms with E-state index in [-0.39, 0.29) is 17.5 Å². The van der Waals surface area contributed by atoms with Crippen molar-refractivity contribution in [3.8, 4) is 11.5 Å². The Kier molecular flexibility index (Phi) is 5.72. The highest BCUT2D eigenvalue weighted by molar-refractivity contribution is 7.89. The van der Waals surface area contributed by atoms with Crippen molar-refractivity contribution in [2.75, 3.05) is 33.9 Å². The zero-order valence-electron chi connectivity index (χ0n) is 14.6. The van der Waals surface area contributed by atoms with Crippen molar-refractivity contribution in [1.29, 1.82) is 0 Å². The minimum Gasteiger partial charge on any atom is -0.486 e. The van der Waals surface area contributed by atoms with E-state index in [2.05, 4.69) is 4.72 Å². The molecule has 0 unspecified atom stereocenters. The fraction of sp³-hybridized carbons (Fsp3) is 0.333. The molecule has 8 heteroatoms. The van der Waals surface area contributed by atoms with Crippen LogP contribution < -0.4 is 14.2 Å². The second-order valence-electron chi connectivity index (χ2n) is 6.16. The average molecular weight is 397 g/mol. The molecule has 0 aromatic heterocycles. The van der Waals surface area contributed by atoms with Crippen molar-refractivity contribution in [1.82, 2.24) is 9.62 Å². The van der Waals surface area contributed by atoms with Crippen LogP contribution in [0.4, 0.5) is 0 Å². The smallest absolute Gasteiger partial charge is 0.240 e. The Bertz CT molecular complexity index is 887. The minimum absolute atomic E-state index is 0.137. The number of rotatable bonds is 6. The minimum atomic E-state index is -3.70. The van der Waals surface area contributed by atoms with Gasteiger partial charge in [0.25, 0.3) is 0 Å². The Morgan fingerprint density at radius 1 is 1.12 bits per heavy atom. The number of hydrogen-bond acceptors (Lipinski definition) is 5. The second kappa shape index (κ2) is 7.84. The lowest BCUT2D eigenvalue weighted by Gasteiger charge is -2.26. The fourth-order valence-electron chi connectivity index (χ4n) is 2.78. The molecule has 0 spiro atoms. The van der Waals surface area contributed by atoms with Gasteiger partial charge < -0.3 is 14.4 Å². The molecule has 26 heavy (non-hydrogen) atoms. The van der Waals surface area contributed by atoms with Crippen LogP contribution >= 0.6 is 11.6 Å². The highest BCUT2D eigenvalue weighted by Crippen LogP contribution is 2.32. The number of nitrogens with zero attached hydrogens (tertiary/aromatic N) is 1. The lowest BCUT2D eigenvalue weighted by atomic mass is 10.1. The largest absolute Gasteiger partial charge is 0.486 e. The fourth-order valence-corrected chi connectivity index (χ4v) is 4.09. The first-order valence-corrected chi connectivity index (χ1v) is 10.0. The van der Waals surface area contributed by atoms with Gasteiger partial charge in [0.05, 0.1) is 4.90 Å². The monoisotopic (exact) mass is 396 g/mol. The Hall–Kier alpha value is -1.80. The molecule has 6 nitrogen and oxygen atoms in total. The normalized spacial score (nSPS) is 15.1. The number of halogens is 1. The Morgan fingerprint density at radius 3 is 2.50 bits per heavy atom. The molecule has 2 aromatic carbocycles. The number of hydrogen-bond donors (Lipinski definition) is 1. The van der Waals surface area contributed by atoms with Crippen LogP contribution in [0, 0.1) is 0 Å². The first kappa shape index (κ1) is 19.0. The van der Waals surface area contributed by atoms with Gasteiger partial charge in [0.15, 0.2) is 11.5 Å². The molecule has 1 aliphatic rings. The summed E-state index contributed by atoms with van der Waals surface area (Å²) >= 11 is 6.28. The molecule has 0 bridgehead atoms. The quantitative estimate of drug-likeness (QED) is 0.813. The molecule has 1 heterocycles. The van der Waals surface area contributed by atoms with Crippen LogP contribution in [-0.2, 0) is 10.0 Å². The maximum absolute atomic E-state index is 12.7. The molecule has 0 radical (unpaired) electrons. The third-order valence-corrected chi connectivity index (χ3v) is 5.94. The summed E-state index contributed by atoms with van der Waals surface area (Å²) in [5.41, 5.74) is 0.865. The van der Waals surface area contributed by atoms with Crippen LogP contribution in [0.5, 0.6) is 11.5 Å². The lowest BCUT2D eigenvalue weighted by molar-refractivity contribution is 0.171. The SMILES string of the molecule is CN(C)[C@@H](CNS(=O)(=O)c1ccc2c(c1)OCCO2)c1ccccc1Cl. The molecule has 1 atom stereocenters. The Balaban J connectivity index is 1.79. The summed E-state index contributed by atoms with van der Waals surface area (Å²) in [5.74, 6) is 0.992. The lowest BCUT2D eigenvalue weighted by Crippen LogP contribution is -2.34. The molecular formula is C18H21ClN2O4S. The van der Waals surface area contributed by atoms with E-state index >= 15 is 0 Å². The first-order valence-electron chi connectivity index (χ1n) is 8.18. The molecule has 0 saturated carbocycles. The predicted molar refractivity (Wildman–Crippen MR) is 101 cm³/mol. The predicted octanol–water partition coefficient (Wildman–Crippen LogP) is 2.69. The number of fused-ring (bicyclic) bond motifs is 1. The van der Waals surface area contributed by atoms with Crippen molar-refractivity contribution in [3.63, 3.8) is 0 Å². The zero-order valence-corrected chi connectivity index (χ0v) is 16.2. The molecule has 2 aromatic rings. The van der Waals surface area contributed by atoms with Gasteiger partial charge in [-0.3, -0.25) is 0 Å². The van der Waals surface area contributed by atoms with E-state index in [1.165, 1.54) is 12.1 Å². The standard InChI is InChI=1S/C18H21ClN2O4S/c1-21(2)16(14-5-3-4-6-15(14)19)12-20-26(22,23)13-7-8-17-18(11-13)25-10-9-24-17/h3-8,11,16,20H,9-10,12H2,1-2H3/t16-/m0/s1. The van der Waals surface area contributed by atoms with E-state index < -0.39 is 10.0 Å². The van der Waals surface area contributed by atoms with Crippen LogP contribution in [0.2, 0.25) is 5.02 Å². The summed E-state index contributed by atoms with van der Waals surface area (Å²) < 4.78 is 39.0. The second-order valence-corrected chi connectivity index (χ2v) is 8.33. The van der Waals surface area contributed by atoms with Crippen LogP contribution in [0.15, 0.2) is 47.4 Å².